The van der Waals surface area contributed by atoms with E-state index in [0.717, 1.165) is 11.5 Å². The maximum Gasteiger partial charge on any atom is 0.338 e. The van der Waals surface area contributed by atoms with Crippen LogP contribution >= 0.6 is 22.9 Å². The number of amides is 1. The first-order valence-corrected chi connectivity index (χ1v) is 12.1. The minimum absolute atomic E-state index is 0.0288. The molecule has 0 saturated carbocycles. The van der Waals surface area contributed by atoms with Crippen molar-refractivity contribution in [2.75, 3.05) is 25.3 Å². The summed E-state index contributed by atoms with van der Waals surface area (Å²) >= 11 is 7.07. The molecule has 3 aromatic rings. The Hall–Kier alpha value is -3.12. The van der Waals surface area contributed by atoms with Gasteiger partial charge in [-0.25, -0.2) is 19.2 Å². The topological polar surface area (TPSA) is 99.1 Å². The predicted molar refractivity (Wildman–Crippen MR) is 127 cm³/mol. The van der Waals surface area contributed by atoms with Crippen LogP contribution in [0.3, 0.4) is 0 Å². The molecule has 1 unspecified atom stereocenters. The van der Waals surface area contributed by atoms with Crippen LogP contribution in [0.2, 0.25) is 5.02 Å². The van der Waals surface area contributed by atoms with Crippen molar-refractivity contribution in [2.24, 2.45) is 0 Å². The van der Waals surface area contributed by atoms with E-state index in [0.29, 0.717) is 30.5 Å². The van der Waals surface area contributed by atoms with E-state index in [1.165, 1.54) is 36.6 Å². The number of likely N-dealkylation sites (tertiary alicyclic amines) is 2. The number of hydrogen-bond donors (Lipinski definition) is 1. The normalized spacial score (nSPS) is 19.3. The molecule has 35 heavy (non-hydrogen) atoms. The van der Waals surface area contributed by atoms with Crippen LogP contribution in [-0.4, -0.2) is 69.1 Å². The summed E-state index contributed by atoms with van der Waals surface area (Å²) in [5.74, 6) is -1.48. The summed E-state index contributed by atoms with van der Waals surface area (Å²) in [7, 11) is 1.29. The van der Waals surface area contributed by atoms with Crippen LogP contribution in [0, 0.1) is 5.82 Å². The minimum Gasteiger partial charge on any atom is -0.465 e. The number of fused-ring (bicyclic) bond motifs is 2. The number of halogens is 2. The second-order valence-corrected chi connectivity index (χ2v) is 9.64. The lowest BCUT2D eigenvalue weighted by Crippen LogP contribution is -2.48. The van der Waals surface area contributed by atoms with Crippen LogP contribution in [-0.2, 0) is 11.3 Å². The van der Waals surface area contributed by atoms with E-state index in [1.807, 2.05) is 0 Å². The summed E-state index contributed by atoms with van der Waals surface area (Å²) < 4.78 is 19.2. The predicted octanol–water partition coefficient (Wildman–Crippen LogP) is 3.74. The van der Waals surface area contributed by atoms with Gasteiger partial charge in [0.15, 0.2) is 11.6 Å². The zero-order valence-corrected chi connectivity index (χ0v) is 20.2. The molecule has 2 bridgehead atoms. The molecule has 2 saturated heterocycles. The highest BCUT2D eigenvalue weighted by Crippen LogP contribution is 2.34. The summed E-state index contributed by atoms with van der Waals surface area (Å²) in [4.78, 5) is 37.7. The number of carbonyl (C=O) groups excluding carboxylic acids is 2. The summed E-state index contributed by atoms with van der Waals surface area (Å²) in [5, 5.41) is 13.3. The molecule has 0 spiro atoms. The van der Waals surface area contributed by atoms with Crippen LogP contribution in [0.15, 0.2) is 41.9 Å². The van der Waals surface area contributed by atoms with Gasteiger partial charge in [-0.05, 0) is 30.7 Å². The fraction of sp³-hybridized carbons (Fsp3) is 0.304. The first-order valence-electron chi connectivity index (χ1n) is 10.8. The molecule has 1 aromatic carbocycles. The van der Waals surface area contributed by atoms with Gasteiger partial charge in [0.05, 0.1) is 29.0 Å². The Bertz CT molecular complexity index is 1280. The van der Waals surface area contributed by atoms with E-state index in [9.17, 15) is 19.2 Å². The zero-order valence-electron chi connectivity index (χ0n) is 18.6. The molecule has 12 heteroatoms. The number of anilines is 2. The van der Waals surface area contributed by atoms with Crippen LogP contribution < -0.4 is 5.06 Å². The number of rotatable bonds is 6. The highest BCUT2D eigenvalue weighted by molar-refractivity contribution is 7.13. The molecule has 9 nitrogen and oxygen atoms in total. The molecule has 2 aromatic heterocycles. The van der Waals surface area contributed by atoms with Crippen molar-refractivity contribution in [2.45, 2.75) is 25.0 Å². The number of aromatic nitrogens is 2. The molecule has 182 valence electrons. The number of nitrogens with zero attached hydrogens (tertiary/aromatic N) is 5. The van der Waals surface area contributed by atoms with E-state index >= 15 is 0 Å². The zero-order chi connectivity index (χ0) is 24.7. The average molecular weight is 518 g/mol. The number of hydrogen-bond acceptors (Lipinski definition) is 9. The lowest BCUT2D eigenvalue weighted by molar-refractivity contribution is 0.0591. The molecule has 0 aliphatic carbocycles. The van der Waals surface area contributed by atoms with Crippen molar-refractivity contribution in [3.63, 3.8) is 0 Å². The summed E-state index contributed by atoms with van der Waals surface area (Å²) in [5.41, 5.74) is 0.782. The number of esters is 1. The third-order valence-electron chi connectivity index (χ3n) is 6.27. The van der Waals surface area contributed by atoms with Gasteiger partial charge in [0.25, 0.3) is 5.91 Å². The van der Waals surface area contributed by atoms with Gasteiger partial charge < -0.3 is 9.64 Å². The largest absolute Gasteiger partial charge is 0.465 e. The van der Waals surface area contributed by atoms with Crippen LogP contribution in [0.4, 0.5) is 15.3 Å². The monoisotopic (exact) mass is 517 g/mol. The van der Waals surface area contributed by atoms with Gasteiger partial charge in [-0.2, -0.15) is 5.06 Å². The van der Waals surface area contributed by atoms with E-state index in [-0.39, 0.29) is 40.0 Å². The molecule has 2 fully saturated rings. The van der Waals surface area contributed by atoms with Crippen LogP contribution in [0.1, 0.15) is 32.8 Å². The van der Waals surface area contributed by atoms with E-state index < -0.39 is 11.8 Å². The lowest BCUT2D eigenvalue weighted by atomic mass is 10.1. The number of benzene rings is 1. The first-order chi connectivity index (χ1) is 16.9. The van der Waals surface area contributed by atoms with Crippen molar-refractivity contribution < 1.29 is 23.9 Å². The Morgan fingerprint density at radius 1 is 1.31 bits per heavy atom. The van der Waals surface area contributed by atoms with Crippen molar-refractivity contribution in [3.8, 4) is 0 Å². The average Bonchev–Trinajstić information content (AvgIpc) is 3.62. The van der Waals surface area contributed by atoms with E-state index in [4.69, 9.17) is 16.3 Å². The molecule has 1 N–H and O–H groups in total. The summed E-state index contributed by atoms with van der Waals surface area (Å²) in [6.45, 7) is 1.43. The number of thiazole rings is 1. The Morgan fingerprint density at radius 2 is 2.14 bits per heavy atom. The summed E-state index contributed by atoms with van der Waals surface area (Å²) in [6.07, 6.45) is 2.31. The number of piperazine rings is 1. The lowest BCUT2D eigenvalue weighted by Gasteiger charge is -2.34. The van der Waals surface area contributed by atoms with E-state index in [1.54, 1.807) is 28.6 Å². The van der Waals surface area contributed by atoms with Crippen LogP contribution in [0.5, 0.6) is 0 Å². The number of pyridine rings is 1. The van der Waals surface area contributed by atoms with Crippen molar-refractivity contribution >= 4 is 45.8 Å². The second kappa shape index (κ2) is 9.50. The molecule has 4 heterocycles. The van der Waals surface area contributed by atoms with Gasteiger partial charge in [0.2, 0.25) is 5.13 Å². The highest BCUT2D eigenvalue weighted by Gasteiger charge is 2.45. The highest BCUT2D eigenvalue weighted by atomic mass is 35.5. The maximum atomic E-state index is 14.4. The first kappa shape index (κ1) is 23.6. The molecule has 2 aliphatic rings. The third kappa shape index (κ3) is 4.47. The van der Waals surface area contributed by atoms with Gasteiger partial charge in [-0.3, -0.25) is 14.9 Å². The molecule has 0 radical (unpaired) electrons. The smallest absolute Gasteiger partial charge is 0.338 e. The molecular formula is C23H21ClFN5O4S. The molecule has 1 amide bonds. The number of carbonyl (C=O) groups is 2. The fourth-order valence-electron chi connectivity index (χ4n) is 4.64. The molecular weight excluding hydrogens is 497 g/mol. The number of ether oxygens (including phenoxy) is 1. The summed E-state index contributed by atoms with van der Waals surface area (Å²) in [6, 6.07) is 7.47. The van der Waals surface area contributed by atoms with Crippen molar-refractivity contribution in [1.82, 2.24) is 19.8 Å². The Labute approximate surface area is 209 Å². The van der Waals surface area contributed by atoms with Gasteiger partial charge in [0, 0.05) is 43.3 Å². The second-order valence-electron chi connectivity index (χ2n) is 8.36. The Balaban J connectivity index is 1.33. The fourth-order valence-corrected chi connectivity index (χ4v) is 5.37. The Kier molecular flexibility index (Phi) is 6.41. The third-order valence-corrected chi connectivity index (χ3v) is 7.30. The SMILES string of the molecule is COC(=O)c1cc(CN2CC3C[C@@H]2CN3C(=O)c2cccc(Cl)c2F)nc(N(O)c2nccs2)c1. The molecule has 2 atom stereocenters. The van der Waals surface area contributed by atoms with Crippen LogP contribution in [0.25, 0.3) is 0 Å². The number of methoxy groups -OCH3 is 1. The van der Waals surface area contributed by atoms with Gasteiger partial charge in [-0.1, -0.05) is 17.7 Å². The van der Waals surface area contributed by atoms with Gasteiger partial charge in [-0.15, -0.1) is 11.3 Å². The maximum absolute atomic E-state index is 14.4. The van der Waals surface area contributed by atoms with Gasteiger partial charge in [0.1, 0.15) is 0 Å². The Morgan fingerprint density at radius 3 is 2.83 bits per heavy atom. The van der Waals surface area contributed by atoms with Gasteiger partial charge >= 0.3 is 5.97 Å². The minimum atomic E-state index is -0.705. The molecule has 5 rings (SSSR count). The van der Waals surface area contributed by atoms with Crippen molar-refractivity contribution in [1.29, 1.82) is 0 Å². The van der Waals surface area contributed by atoms with Crippen molar-refractivity contribution in [3.05, 3.63) is 69.6 Å². The van der Waals surface area contributed by atoms with E-state index in [2.05, 4.69) is 14.9 Å². The molecule has 2 aliphatic heterocycles. The quantitative estimate of drug-likeness (QED) is 0.390. The standard InChI is InChI=1S/C23H21ClFN5O4S/c1-34-22(32)13-7-14(27-19(8-13)30(33)23-26-5-6-35-23)10-28-11-16-9-15(28)12-29(16)21(31)17-3-2-4-18(24)20(17)25/h2-8,15-16,33H,9-12H2,1H3/t15-,16?/m1/s1.